The van der Waals surface area contributed by atoms with E-state index in [0.717, 1.165) is 24.1 Å². The number of hydrogen-bond donors (Lipinski definition) is 1. The lowest BCUT2D eigenvalue weighted by molar-refractivity contribution is 0.0718. The average Bonchev–Trinajstić information content (AvgIpc) is 2.75. The Bertz CT molecular complexity index is 405. The molecule has 0 atom stereocenters. The molecular weight excluding hydrogens is 236 g/mol. The van der Waals surface area contributed by atoms with E-state index in [1.54, 1.807) is 0 Å². The molecule has 0 saturated heterocycles. The van der Waals surface area contributed by atoms with Gasteiger partial charge in [-0.05, 0) is 37.1 Å². The zero-order chi connectivity index (χ0) is 13.7. The summed E-state index contributed by atoms with van der Waals surface area (Å²) in [6.07, 6.45) is 7.43. The van der Waals surface area contributed by atoms with Gasteiger partial charge in [0, 0.05) is 31.4 Å². The van der Waals surface area contributed by atoms with E-state index in [0.29, 0.717) is 6.04 Å². The van der Waals surface area contributed by atoms with Crippen LogP contribution >= 0.6 is 0 Å². The Kier molecular flexibility index (Phi) is 4.83. The van der Waals surface area contributed by atoms with Crippen molar-refractivity contribution in [2.24, 2.45) is 0 Å². The van der Waals surface area contributed by atoms with Crippen LogP contribution in [0.3, 0.4) is 0 Å². The number of carbonyl (C=O) groups is 1. The molecule has 1 aromatic carbocycles. The van der Waals surface area contributed by atoms with Gasteiger partial charge in [0.05, 0.1) is 0 Å². The third-order valence-electron chi connectivity index (χ3n) is 4.11. The fourth-order valence-corrected chi connectivity index (χ4v) is 2.79. The van der Waals surface area contributed by atoms with Crippen molar-refractivity contribution in [3.8, 4) is 0 Å². The summed E-state index contributed by atoms with van der Waals surface area (Å²) in [4.78, 5) is 14.4. The molecule has 3 nitrogen and oxygen atoms in total. The number of amides is 1. The highest BCUT2D eigenvalue weighted by atomic mass is 16.2. The molecule has 0 radical (unpaired) electrons. The zero-order valence-corrected chi connectivity index (χ0v) is 12.0. The van der Waals surface area contributed by atoms with Crippen molar-refractivity contribution in [2.45, 2.75) is 44.6 Å². The Morgan fingerprint density at radius 3 is 2.21 bits per heavy atom. The van der Waals surface area contributed by atoms with Gasteiger partial charge < -0.3 is 10.2 Å². The molecule has 1 amide bonds. The van der Waals surface area contributed by atoms with Gasteiger partial charge in [0.2, 0.25) is 0 Å². The van der Waals surface area contributed by atoms with E-state index < -0.39 is 0 Å². The van der Waals surface area contributed by atoms with Crippen LogP contribution in [0.25, 0.3) is 0 Å². The van der Waals surface area contributed by atoms with Gasteiger partial charge in [0.1, 0.15) is 0 Å². The van der Waals surface area contributed by atoms with Gasteiger partial charge in [-0.15, -0.1) is 0 Å². The summed E-state index contributed by atoms with van der Waals surface area (Å²) in [5.74, 6) is 0.148. The molecule has 0 bridgehead atoms. The van der Waals surface area contributed by atoms with Gasteiger partial charge in [0.15, 0.2) is 0 Å². The van der Waals surface area contributed by atoms with Crippen molar-refractivity contribution in [3.05, 3.63) is 29.8 Å². The number of anilines is 1. The number of carbonyl (C=O) groups excluding carboxylic acids is 1. The Hall–Kier alpha value is -1.51. The maximum absolute atomic E-state index is 12.5. The standard InChI is InChI=1S/C16H24N2O/c1-17-14-11-9-13(10-12-14)16(19)18(2)15-7-5-3-4-6-8-15/h9-12,15,17H,3-8H2,1-2H3. The minimum absolute atomic E-state index is 0.148. The average molecular weight is 260 g/mol. The fraction of sp³-hybridized carbons (Fsp3) is 0.562. The van der Waals surface area contributed by atoms with E-state index in [-0.39, 0.29) is 5.91 Å². The summed E-state index contributed by atoms with van der Waals surface area (Å²) in [6.45, 7) is 0. The molecule has 0 heterocycles. The smallest absolute Gasteiger partial charge is 0.253 e. The van der Waals surface area contributed by atoms with Crippen molar-refractivity contribution in [1.29, 1.82) is 0 Å². The van der Waals surface area contributed by atoms with E-state index in [4.69, 9.17) is 0 Å². The molecule has 1 aliphatic rings. The van der Waals surface area contributed by atoms with Crippen LogP contribution in [0.4, 0.5) is 5.69 Å². The van der Waals surface area contributed by atoms with Crippen LogP contribution in [0, 0.1) is 0 Å². The van der Waals surface area contributed by atoms with Crippen molar-refractivity contribution in [3.63, 3.8) is 0 Å². The lowest BCUT2D eigenvalue weighted by Crippen LogP contribution is -2.36. The Labute approximate surface area is 116 Å². The molecule has 1 aliphatic carbocycles. The second-order valence-electron chi connectivity index (χ2n) is 5.39. The van der Waals surface area contributed by atoms with Crippen molar-refractivity contribution < 1.29 is 4.79 Å². The van der Waals surface area contributed by atoms with E-state index in [1.807, 2.05) is 43.3 Å². The zero-order valence-electron chi connectivity index (χ0n) is 12.0. The maximum atomic E-state index is 12.5. The molecule has 1 aromatic rings. The van der Waals surface area contributed by atoms with Crippen LogP contribution < -0.4 is 5.32 Å². The van der Waals surface area contributed by atoms with Crippen LogP contribution in [0.15, 0.2) is 24.3 Å². The number of hydrogen-bond acceptors (Lipinski definition) is 2. The van der Waals surface area contributed by atoms with Crippen molar-refractivity contribution in [2.75, 3.05) is 19.4 Å². The number of nitrogens with one attached hydrogen (secondary N) is 1. The van der Waals surface area contributed by atoms with Crippen LogP contribution in [-0.4, -0.2) is 30.9 Å². The molecule has 1 saturated carbocycles. The molecule has 1 fully saturated rings. The molecule has 1 N–H and O–H groups in total. The minimum atomic E-state index is 0.148. The van der Waals surface area contributed by atoms with Gasteiger partial charge in [0.25, 0.3) is 5.91 Å². The number of rotatable bonds is 3. The molecular formula is C16H24N2O. The Balaban J connectivity index is 2.04. The van der Waals surface area contributed by atoms with E-state index in [1.165, 1.54) is 25.7 Å². The Morgan fingerprint density at radius 1 is 1.11 bits per heavy atom. The predicted molar refractivity (Wildman–Crippen MR) is 79.6 cm³/mol. The summed E-state index contributed by atoms with van der Waals surface area (Å²) in [6, 6.07) is 8.13. The molecule has 0 unspecified atom stereocenters. The molecule has 0 aromatic heterocycles. The van der Waals surface area contributed by atoms with Gasteiger partial charge in [-0.2, -0.15) is 0 Å². The number of nitrogens with zero attached hydrogens (tertiary/aromatic N) is 1. The topological polar surface area (TPSA) is 32.3 Å². The highest BCUT2D eigenvalue weighted by Crippen LogP contribution is 2.22. The first kappa shape index (κ1) is 13.9. The summed E-state index contributed by atoms with van der Waals surface area (Å²) in [5.41, 5.74) is 1.82. The highest BCUT2D eigenvalue weighted by molar-refractivity contribution is 5.94. The summed E-state index contributed by atoms with van der Waals surface area (Å²) in [7, 11) is 3.83. The van der Waals surface area contributed by atoms with Crippen LogP contribution in [-0.2, 0) is 0 Å². The van der Waals surface area contributed by atoms with Gasteiger partial charge >= 0.3 is 0 Å². The van der Waals surface area contributed by atoms with Gasteiger partial charge in [-0.25, -0.2) is 0 Å². The molecule has 0 spiro atoms. The van der Waals surface area contributed by atoms with Gasteiger partial charge in [-0.3, -0.25) is 4.79 Å². The van der Waals surface area contributed by atoms with Crippen LogP contribution in [0.1, 0.15) is 48.9 Å². The molecule has 19 heavy (non-hydrogen) atoms. The third-order valence-corrected chi connectivity index (χ3v) is 4.11. The summed E-state index contributed by atoms with van der Waals surface area (Å²) in [5, 5.41) is 3.07. The first-order valence-electron chi connectivity index (χ1n) is 7.27. The minimum Gasteiger partial charge on any atom is -0.388 e. The van der Waals surface area contributed by atoms with Crippen LogP contribution in [0.5, 0.6) is 0 Å². The normalized spacial score (nSPS) is 16.7. The van der Waals surface area contributed by atoms with E-state index >= 15 is 0 Å². The maximum Gasteiger partial charge on any atom is 0.253 e. The molecule has 3 heteroatoms. The van der Waals surface area contributed by atoms with Crippen LogP contribution in [0.2, 0.25) is 0 Å². The lowest BCUT2D eigenvalue weighted by Gasteiger charge is -2.27. The fourth-order valence-electron chi connectivity index (χ4n) is 2.79. The monoisotopic (exact) mass is 260 g/mol. The second kappa shape index (κ2) is 6.60. The Morgan fingerprint density at radius 2 is 1.68 bits per heavy atom. The van der Waals surface area contributed by atoms with E-state index in [2.05, 4.69) is 5.32 Å². The molecule has 0 aliphatic heterocycles. The summed E-state index contributed by atoms with van der Waals surface area (Å²) < 4.78 is 0. The molecule has 2 rings (SSSR count). The molecule has 104 valence electrons. The third kappa shape index (κ3) is 3.49. The SMILES string of the molecule is CNc1ccc(C(=O)N(C)C2CCCCCC2)cc1. The highest BCUT2D eigenvalue weighted by Gasteiger charge is 2.21. The summed E-state index contributed by atoms with van der Waals surface area (Å²) >= 11 is 0. The number of benzene rings is 1. The lowest BCUT2D eigenvalue weighted by atomic mass is 10.1. The van der Waals surface area contributed by atoms with Gasteiger partial charge in [-0.1, -0.05) is 25.7 Å². The second-order valence-corrected chi connectivity index (χ2v) is 5.39. The quantitative estimate of drug-likeness (QED) is 0.843. The van der Waals surface area contributed by atoms with Crippen molar-refractivity contribution in [1.82, 2.24) is 4.90 Å². The predicted octanol–water partition coefficient (Wildman–Crippen LogP) is 3.52. The first-order valence-corrected chi connectivity index (χ1v) is 7.27. The van der Waals surface area contributed by atoms with E-state index in [9.17, 15) is 4.79 Å². The first-order chi connectivity index (χ1) is 9.22. The van der Waals surface area contributed by atoms with Crippen molar-refractivity contribution >= 4 is 11.6 Å². The largest absolute Gasteiger partial charge is 0.388 e.